The molecule has 0 saturated carbocycles. The van der Waals surface area contributed by atoms with Gasteiger partial charge in [-0.1, -0.05) is 73.1 Å². The molecule has 0 radical (unpaired) electrons. The molecule has 1 unspecified atom stereocenters. The summed E-state index contributed by atoms with van der Waals surface area (Å²) in [6, 6.07) is 24.1. The van der Waals surface area contributed by atoms with Crippen molar-refractivity contribution >= 4 is 33.2 Å². The summed E-state index contributed by atoms with van der Waals surface area (Å²) in [6.07, 6.45) is -0.277. The SMILES string of the molecule is CC(C)(C)c1ccc(N2C(=O)c3ccccc3NC2c2cccc(Br)c2)cc1. The topological polar surface area (TPSA) is 32.3 Å². The van der Waals surface area contributed by atoms with Crippen LogP contribution in [0.2, 0.25) is 0 Å². The Morgan fingerprint density at radius 1 is 0.929 bits per heavy atom. The van der Waals surface area contributed by atoms with E-state index < -0.39 is 0 Å². The van der Waals surface area contributed by atoms with Crippen LogP contribution in [0, 0.1) is 0 Å². The van der Waals surface area contributed by atoms with Crippen molar-refractivity contribution in [3.8, 4) is 0 Å². The van der Waals surface area contributed by atoms with Crippen LogP contribution in [-0.2, 0) is 5.41 Å². The molecule has 142 valence electrons. The highest BCUT2D eigenvalue weighted by atomic mass is 79.9. The maximum Gasteiger partial charge on any atom is 0.262 e. The summed E-state index contributed by atoms with van der Waals surface area (Å²) in [5.74, 6) is 0.00262. The number of hydrogen-bond donors (Lipinski definition) is 1. The highest BCUT2D eigenvalue weighted by molar-refractivity contribution is 9.10. The molecule has 0 spiro atoms. The number of benzene rings is 3. The average molecular weight is 435 g/mol. The number of amides is 1. The number of carbonyl (C=O) groups excluding carboxylic acids is 1. The van der Waals surface area contributed by atoms with E-state index in [0.717, 1.165) is 21.4 Å². The van der Waals surface area contributed by atoms with Crippen molar-refractivity contribution in [2.75, 3.05) is 10.2 Å². The number of para-hydroxylation sites is 1. The van der Waals surface area contributed by atoms with Gasteiger partial charge in [0.15, 0.2) is 0 Å². The van der Waals surface area contributed by atoms with Crippen LogP contribution in [-0.4, -0.2) is 5.91 Å². The van der Waals surface area contributed by atoms with Gasteiger partial charge in [-0.3, -0.25) is 9.69 Å². The molecule has 4 rings (SSSR count). The van der Waals surface area contributed by atoms with Crippen molar-refractivity contribution < 1.29 is 4.79 Å². The molecule has 0 saturated heterocycles. The molecule has 1 N–H and O–H groups in total. The third kappa shape index (κ3) is 3.45. The maximum absolute atomic E-state index is 13.4. The lowest BCUT2D eigenvalue weighted by atomic mass is 9.87. The Balaban J connectivity index is 1.82. The molecule has 3 aromatic rings. The number of rotatable bonds is 2. The van der Waals surface area contributed by atoms with Gasteiger partial charge in [0.05, 0.1) is 5.56 Å². The van der Waals surface area contributed by atoms with Crippen molar-refractivity contribution in [1.82, 2.24) is 0 Å². The van der Waals surface area contributed by atoms with Gasteiger partial charge in [0.1, 0.15) is 6.17 Å². The van der Waals surface area contributed by atoms with Gasteiger partial charge in [0.2, 0.25) is 0 Å². The van der Waals surface area contributed by atoms with E-state index in [9.17, 15) is 4.79 Å². The van der Waals surface area contributed by atoms with Crippen molar-refractivity contribution in [1.29, 1.82) is 0 Å². The van der Waals surface area contributed by atoms with E-state index in [0.29, 0.717) is 5.56 Å². The summed E-state index contributed by atoms with van der Waals surface area (Å²) in [5.41, 5.74) is 4.77. The van der Waals surface area contributed by atoms with Crippen molar-refractivity contribution in [2.24, 2.45) is 0 Å². The van der Waals surface area contributed by atoms with Gasteiger partial charge in [0, 0.05) is 15.8 Å². The van der Waals surface area contributed by atoms with E-state index >= 15 is 0 Å². The number of halogens is 1. The van der Waals surface area contributed by atoms with Gasteiger partial charge in [-0.25, -0.2) is 0 Å². The summed E-state index contributed by atoms with van der Waals surface area (Å²) in [6.45, 7) is 6.57. The van der Waals surface area contributed by atoms with E-state index in [2.05, 4.69) is 60.2 Å². The minimum atomic E-state index is -0.277. The van der Waals surface area contributed by atoms with Gasteiger partial charge < -0.3 is 5.32 Å². The smallest absolute Gasteiger partial charge is 0.262 e. The van der Waals surface area contributed by atoms with Gasteiger partial charge in [0.25, 0.3) is 5.91 Å². The highest BCUT2D eigenvalue weighted by Gasteiger charge is 2.34. The Morgan fingerprint density at radius 3 is 2.32 bits per heavy atom. The van der Waals surface area contributed by atoms with E-state index in [4.69, 9.17) is 0 Å². The molecule has 0 bridgehead atoms. The number of fused-ring (bicyclic) bond motifs is 1. The predicted molar refractivity (Wildman–Crippen MR) is 119 cm³/mol. The predicted octanol–water partition coefficient (Wildman–Crippen LogP) is 6.52. The van der Waals surface area contributed by atoms with E-state index in [1.165, 1.54) is 5.56 Å². The molecule has 0 aromatic heterocycles. The van der Waals surface area contributed by atoms with Crippen LogP contribution in [0.4, 0.5) is 11.4 Å². The fourth-order valence-corrected chi connectivity index (χ4v) is 3.97. The van der Waals surface area contributed by atoms with Crippen LogP contribution in [0.15, 0.2) is 77.3 Å². The molecule has 3 aromatic carbocycles. The summed E-state index contributed by atoms with van der Waals surface area (Å²) in [4.78, 5) is 15.3. The van der Waals surface area contributed by atoms with Crippen molar-refractivity contribution in [3.05, 3.63) is 94.0 Å². The molecule has 1 amide bonds. The number of nitrogens with zero attached hydrogens (tertiary/aromatic N) is 1. The van der Waals surface area contributed by atoms with Crippen molar-refractivity contribution in [3.63, 3.8) is 0 Å². The average Bonchev–Trinajstić information content (AvgIpc) is 2.67. The molecule has 4 heteroatoms. The molecule has 0 fully saturated rings. The fraction of sp³-hybridized carbons (Fsp3) is 0.208. The normalized spacial score (nSPS) is 16.5. The minimum Gasteiger partial charge on any atom is -0.360 e. The minimum absolute atomic E-state index is 0.00262. The van der Waals surface area contributed by atoms with Crippen LogP contribution in [0.5, 0.6) is 0 Å². The summed E-state index contributed by atoms with van der Waals surface area (Å²) >= 11 is 3.55. The molecule has 1 aliphatic heterocycles. The second kappa shape index (κ2) is 7.10. The second-order valence-corrected chi connectivity index (χ2v) is 9.04. The molecule has 28 heavy (non-hydrogen) atoms. The third-order valence-electron chi connectivity index (χ3n) is 5.10. The van der Waals surface area contributed by atoms with E-state index in [1.807, 2.05) is 59.5 Å². The van der Waals surface area contributed by atoms with Gasteiger partial charge in [-0.05, 0) is 52.9 Å². The number of nitrogens with one attached hydrogen (secondary N) is 1. The molecular weight excluding hydrogens is 412 g/mol. The zero-order chi connectivity index (χ0) is 19.9. The van der Waals surface area contributed by atoms with E-state index in [-0.39, 0.29) is 17.5 Å². The van der Waals surface area contributed by atoms with E-state index in [1.54, 1.807) is 0 Å². The van der Waals surface area contributed by atoms with Gasteiger partial charge in [-0.15, -0.1) is 0 Å². The first-order chi connectivity index (χ1) is 13.3. The van der Waals surface area contributed by atoms with Crippen LogP contribution in [0.1, 0.15) is 48.4 Å². The molecule has 3 nitrogen and oxygen atoms in total. The molecule has 0 aliphatic carbocycles. The van der Waals surface area contributed by atoms with Crippen LogP contribution in [0.3, 0.4) is 0 Å². The Labute approximate surface area is 174 Å². The quantitative estimate of drug-likeness (QED) is 0.497. The monoisotopic (exact) mass is 434 g/mol. The van der Waals surface area contributed by atoms with Crippen LogP contribution in [0.25, 0.3) is 0 Å². The first-order valence-corrected chi connectivity index (χ1v) is 10.2. The Hall–Kier alpha value is -2.59. The van der Waals surface area contributed by atoms with Crippen molar-refractivity contribution in [2.45, 2.75) is 32.4 Å². The Morgan fingerprint density at radius 2 is 1.64 bits per heavy atom. The molecular formula is C24H23BrN2O. The lowest BCUT2D eigenvalue weighted by molar-refractivity contribution is 0.0975. The molecule has 1 heterocycles. The lowest BCUT2D eigenvalue weighted by Crippen LogP contribution is -2.43. The summed E-state index contributed by atoms with van der Waals surface area (Å²) < 4.78 is 0.987. The standard InChI is InChI=1S/C24H23BrN2O/c1-24(2,3)17-11-13-19(14-12-17)27-22(16-7-6-8-18(25)15-16)26-21-10-5-4-9-20(21)23(27)28/h4-15,22,26H,1-3H3. The highest BCUT2D eigenvalue weighted by Crippen LogP contribution is 2.37. The number of anilines is 2. The first-order valence-electron chi connectivity index (χ1n) is 9.40. The Kier molecular flexibility index (Phi) is 4.76. The van der Waals surface area contributed by atoms with Gasteiger partial charge >= 0.3 is 0 Å². The zero-order valence-electron chi connectivity index (χ0n) is 16.2. The molecule has 1 aliphatic rings. The second-order valence-electron chi connectivity index (χ2n) is 8.12. The van der Waals surface area contributed by atoms with Crippen LogP contribution < -0.4 is 10.2 Å². The fourth-order valence-electron chi connectivity index (χ4n) is 3.55. The Bertz CT molecular complexity index is 1020. The maximum atomic E-state index is 13.4. The molecule has 1 atom stereocenters. The summed E-state index contributed by atoms with van der Waals surface area (Å²) in [5, 5.41) is 3.55. The summed E-state index contributed by atoms with van der Waals surface area (Å²) in [7, 11) is 0. The van der Waals surface area contributed by atoms with Crippen LogP contribution >= 0.6 is 15.9 Å². The van der Waals surface area contributed by atoms with Gasteiger partial charge in [-0.2, -0.15) is 0 Å². The number of hydrogen-bond acceptors (Lipinski definition) is 2. The zero-order valence-corrected chi connectivity index (χ0v) is 17.8. The first kappa shape index (κ1) is 18.8. The largest absolute Gasteiger partial charge is 0.360 e. The third-order valence-corrected chi connectivity index (χ3v) is 5.60. The lowest BCUT2D eigenvalue weighted by Gasteiger charge is -2.38. The number of carbonyl (C=O) groups is 1.